The summed E-state index contributed by atoms with van der Waals surface area (Å²) < 4.78 is 10.8. The first-order valence-electron chi connectivity index (χ1n) is 5.15. The van der Waals surface area contributed by atoms with Gasteiger partial charge >= 0.3 is 0 Å². The summed E-state index contributed by atoms with van der Waals surface area (Å²) in [5.74, 6) is 1.64. The molecule has 1 aliphatic rings. The van der Waals surface area contributed by atoms with Gasteiger partial charge in [0.15, 0.2) is 11.5 Å². The summed E-state index contributed by atoms with van der Waals surface area (Å²) in [6, 6.07) is 14.0. The van der Waals surface area contributed by atoms with Crippen LogP contribution in [-0.4, -0.2) is 6.79 Å². The van der Waals surface area contributed by atoms with Gasteiger partial charge in [0.25, 0.3) is 0 Å². The minimum Gasteiger partial charge on any atom is -0.454 e. The summed E-state index contributed by atoms with van der Waals surface area (Å²) in [5.41, 5.74) is 3.16. The molecule has 0 spiro atoms. The molecule has 0 aliphatic carbocycles. The lowest BCUT2D eigenvalue weighted by atomic mass is 10.0. The summed E-state index contributed by atoms with van der Waals surface area (Å²) in [7, 11) is 0. The number of rotatable bonds is 1. The van der Waals surface area contributed by atoms with Crippen molar-refractivity contribution in [3.63, 3.8) is 0 Å². The van der Waals surface area contributed by atoms with E-state index in [0.717, 1.165) is 28.2 Å². The van der Waals surface area contributed by atoms with Crippen LogP contribution < -0.4 is 9.47 Å². The van der Waals surface area contributed by atoms with E-state index < -0.39 is 0 Å². The molecule has 0 fully saturated rings. The van der Waals surface area contributed by atoms with Crippen LogP contribution in [0.15, 0.2) is 42.5 Å². The first kappa shape index (κ1) is 9.28. The molecule has 0 N–H and O–H groups in total. The first-order valence-corrected chi connectivity index (χ1v) is 5.15. The number of hydrogen-bond donors (Lipinski definition) is 0. The number of ether oxygens (including phenoxy) is 2. The highest BCUT2D eigenvalue weighted by molar-refractivity contribution is 5.74. The summed E-state index contributed by atoms with van der Waals surface area (Å²) in [6.07, 6.45) is 0. The molecule has 0 aromatic heterocycles. The molecule has 79 valence electrons. The third kappa shape index (κ3) is 1.43. The fourth-order valence-corrected chi connectivity index (χ4v) is 1.90. The quantitative estimate of drug-likeness (QED) is 0.720. The van der Waals surface area contributed by atoms with Crippen LogP contribution in [0.25, 0.3) is 11.1 Å². The van der Waals surface area contributed by atoms with E-state index in [9.17, 15) is 0 Å². The maximum atomic E-state index is 5.48. The van der Waals surface area contributed by atoms with Gasteiger partial charge in [0.1, 0.15) is 0 Å². The second-order valence-corrected chi connectivity index (χ2v) is 3.74. The molecule has 0 saturated carbocycles. The average molecular weight is 211 g/mol. The third-order valence-corrected chi connectivity index (χ3v) is 2.63. The van der Waals surface area contributed by atoms with Crippen LogP contribution in [0.1, 0.15) is 5.56 Å². The van der Waals surface area contributed by atoms with Crippen molar-refractivity contribution in [3.05, 3.63) is 55.0 Å². The lowest BCUT2D eigenvalue weighted by Crippen LogP contribution is -1.93. The van der Waals surface area contributed by atoms with Crippen molar-refractivity contribution < 1.29 is 9.47 Å². The zero-order chi connectivity index (χ0) is 11.0. The van der Waals surface area contributed by atoms with Gasteiger partial charge in [-0.15, -0.1) is 0 Å². The van der Waals surface area contributed by atoms with Crippen molar-refractivity contribution in [1.29, 1.82) is 0 Å². The maximum absolute atomic E-state index is 5.48. The van der Waals surface area contributed by atoms with Gasteiger partial charge < -0.3 is 9.47 Å². The molecule has 0 atom stereocenters. The Hall–Kier alpha value is -1.96. The van der Waals surface area contributed by atoms with Crippen LogP contribution in [0.4, 0.5) is 0 Å². The smallest absolute Gasteiger partial charge is 0.231 e. The van der Waals surface area contributed by atoms with Crippen molar-refractivity contribution in [3.8, 4) is 22.6 Å². The Balaban J connectivity index is 2.17. The van der Waals surface area contributed by atoms with Crippen molar-refractivity contribution >= 4 is 0 Å². The minimum absolute atomic E-state index is 0.302. The first-order chi connectivity index (χ1) is 7.84. The normalized spacial score (nSPS) is 12.8. The van der Waals surface area contributed by atoms with E-state index in [1.54, 1.807) is 0 Å². The Kier molecular flexibility index (Phi) is 2.07. The van der Waals surface area contributed by atoms with E-state index in [-0.39, 0.29) is 0 Å². The monoisotopic (exact) mass is 211 g/mol. The van der Waals surface area contributed by atoms with Gasteiger partial charge in [-0.25, -0.2) is 0 Å². The van der Waals surface area contributed by atoms with E-state index >= 15 is 0 Å². The predicted molar refractivity (Wildman–Crippen MR) is 62.5 cm³/mol. The lowest BCUT2D eigenvalue weighted by Gasteiger charge is -2.06. The molecule has 1 aliphatic heterocycles. The third-order valence-electron chi connectivity index (χ3n) is 2.63. The van der Waals surface area contributed by atoms with E-state index in [2.05, 4.69) is 6.92 Å². The second kappa shape index (κ2) is 3.56. The Labute approximate surface area is 94.4 Å². The Bertz CT molecular complexity index is 532. The second-order valence-electron chi connectivity index (χ2n) is 3.74. The molecule has 0 unspecified atom stereocenters. The largest absolute Gasteiger partial charge is 0.454 e. The molecule has 2 aromatic carbocycles. The molecule has 0 saturated heterocycles. The van der Waals surface area contributed by atoms with Crippen LogP contribution in [-0.2, 0) is 0 Å². The molecule has 0 amide bonds. The molecule has 0 bridgehead atoms. The fraction of sp³-hybridized carbons (Fsp3) is 0.0714. The van der Waals surface area contributed by atoms with E-state index in [1.807, 2.05) is 42.5 Å². The SMILES string of the molecule is [CH2]c1cccc(-c2cccc3c2OCO3)c1. The van der Waals surface area contributed by atoms with Gasteiger partial charge in [-0.2, -0.15) is 0 Å². The zero-order valence-corrected chi connectivity index (χ0v) is 8.77. The highest BCUT2D eigenvalue weighted by Gasteiger charge is 2.17. The van der Waals surface area contributed by atoms with Crippen LogP contribution in [0.3, 0.4) is 0 Å². The van der Waals surface area contributed by atoms with Crippen LogP contribution in [0, 0.1) is 6.92 Å². The standard InChI is InChI=1S/C14H11O2/c1-10-4-2-5-11(8-10)12-6-3-7-13-14(12)16-9-15-13/h2-8H,1,9H2. The predicted octanol–water partition coefficient (Wildman–Crippen LogP) is 3.26. The van der Waals surface area contributed by atoms with Gasteiger partial charge in [-0.05, 0) is 24.1 Å². The van der Waals surface area contributed by atoms with Gasteiger partial charge in [0.2, 0.25) is 6.79 Å². The van der Waals surface area contributed by atoms with E-state index in [0.29, 0.717) is 6.79 Å². The zero-order valence-electron chi connectivity index (χ0n) is 8.77. The lowest BCUT2D eigenvalue weighted by molar-refractivity contribution is 0.174. The Morgan fingerprint density at radius 3 is 2.75 bits per heavy atom. The van der Waals surface area contributed by atoms with Crippen molar-refractivity contribution in [2.24, 2.45) is 0 Å². The summed E-state index contributed by atoms with van der Waals surface area (Å²) in [6.45, 7) is 4.23. The number of benzene rings is 2. The van der Waals surface area contributed by atoms with Crippen LogP contribution >= 0.6 is 0 Å². The highest BCUT2D eigenvalue weighted by Crippen LogP contribution is 2.41. The van der Waals surface area contributed by atoms with Gasteiger partial charge in [0, 0.05) is 5.56 Å². The Morgan fingerprint density at radius 2 is 1.88 bits per heavy atom. The van der Waals surface area contributed by atoms with Crippen molar-refractivity contribution in [2.45, 2.75) is 0 Å². The number of para-hydroxylation sites is 1. The molecule has 1 radical (unpaired) electrons. The number of fused-ring (bicyclic) bond motifs is 1. The maximum Gasteiger partial charge on any atom is 0.231 e. The van der Waals surface area contributed by atoms with E-state index in [4.69, 9.17) is 9.47 Å². The summed E-state index contributed by atoms with van der Waals surface area (Å²) in [4.78, 5) is 0. The molecule has 3 rings (SSSR count). The molecule has 16 heavy (non-hydrogen) atoms. The van der Waals surface area contributed by atoms with Crippen LogP contribution in [0.5, 0.6) is 11.5 Å². The highest BCUT2D eigenvalue weighted by atomic mass is 16.7. The summed E-state index contributed by atoms with van der Waals surface area (Å²) >= 11 is 0. The van der Waals surface area contributed by atoms with Gasteiger partial charge in [0.05, 0.1) is 0 Å². The van der Waals surface area contributed by atoms with Crippen molar-refractivity contribution in [1.82, 2.24) is 0 Å². The van der Waals surface area contributed by atoms with Crippen LogP contribution in [0.2, 0.25) is 0 Å². The molecule has 2 aromatic rings. The number of hydrogen-bond acceptors (Lipinski definition) is 2. The van der Waals surface area contributed by atoms with Crippen molar-refractivity contribution in [2.75, 3.05) is 6.79 Å². The molecule has 1 heterocycles. The molecule has 2 heteroatoms. The van der Waals surface area contributed by atoms with Gasteiger partial charge in [-0.1, -0.05) is 36.4 Å². The minimum atomic E-state index is 0.302. The van der Waals surface area contributed by atoms with E-state index in [1.165, 1.54) is 0 Å². The topological polar surface area (TPSA) is 18.5 Å². The average Bonchev–Trinajstić information content (AvgIpc) is 2.76. The Morgan fingerprint density at radius 1 is 1.00 bits per heavy atom. The molecule has 2 nitrogen and oxygen atoms in total. The molecular formula is C14H11O2. The fourth-order valence-electron chi connectivity index (χ4n) is 1.90. The summed E-state index contributed by atoms with van der Waals surface area (Å²) in [5, 5.41) is 0. The molecular weight excluding hydrogens is 200 g/mol. The van der Waals surface area contributed by atoms with Gasteiger partial charge in [-0.3, -0.25) is 0 Å².